The molecule has 0 bridgehead atoms. The van der Waals surface area contributed by atoms with Gasteiger partial charge in [0.05, 0.1) is 16.0 Å². The first kappa shape index (κ1) is 26.3. The summed E-state index contributed by atoms with van der Waals surface area (Å²) in [5.74, 6) is -0.520. The molecule has 4 aromatic rings. The van der Waals surface area contributed by atoms with Gasteiger partial charge in [-0.1, -0.05) is 48.2 Å². The second-order valence-corrected chi connectivity index (χ2v) is 9.36. The summed E-state index contributed by atoms with van der Waals surface area (Å²) in [6, 6.07) is 19.4. The van der Waals surface area contributed by atoms with E-state index in [0.717, 1.165) is 0 Å². The fourth-order valence-electron chi connectivity index (χ4n) is 3.32. The Kier molecular flexibility index (Phi) is 8.00. The highest BCUT2D eigenvalue weighted by Gasteiger charge is 2.22. The van der Waals surface area contributed by atoms with Gasteiger partial charge in [-0.3, -0.25) is 9.59 Å². The molecule has 0 aliphatic carbocycles. The van der Waals surface area contributed by atoms with Gasteiger partial charge in [0.2, 0.25) is 0 Å². The quantitative estimate of drug-likeness (QED) is 0.158. The summed E-state index contributed by atoms with van der Waals surface area (Å²) in [5, 5.41) is 20.4. The number of thioether (sulfide) groups is 1. The number of carbonyl (C=O) groups excluding carboxylic acids is 2. The number of carboxylic acid groups (broad SMARTS) is 2. The molecule has 5 rings (SSSR count). The van der Waals surface area contributed by atoms with Crippen LogP contribution >= 0.6 is 24.0 Å². The Balaban J connectivity index is 0.000000186. The lowest BCUT2D eigenvalue weighted by Gasteiger charge is -1.99. The molecule has 0 saturated carbocycles. The van der Waals surface area contributed by atoms with Gasteiger partial charge in [-0.2, -0.15) is 0 Å². The van der Waals surface area contributed by atoms with Crippen LogP contribution in [0.1, 0.15) is 37.0 Å². The number of hydrogen-bond donors (Lipinski definition) is 3. The molecule has 11 heteroatoms. The van der Waals surface area contributed by atoms with Gasteiger partial charge in [0.25, 0.3) is 5.91 Å². The van der Waals surface area contributed by atoms with Crippen LogP contribution < -0.4 is 5.32 Å². The topological polar surface area (TPSA) is 147 Å². The van der Waals surface area contributed by atoms with Crippen LogP contribution in [0.4, 0.5) is 0 Å². The number of carboxylic acids is 2. The Labute approximate surface area is 224 Å². The lowest BCUT2D eigenvalue weighted by Crippen LogP contribution is -2.17. The second kappa shape index (κ2) is 11.5. The predicted octanol–water partition coefficient (Wildman–Crippen LogP) is 5.59. The molecule has 0 atom stereocenters. The van der Waals surface area contributed by atoms with Crippen molar-refractivity contribution in [3.05, 3.63) is 100 Å². The van der Waals surface area contributed by atoms with E-state index in [2.05, 4.69) is 5.32 Å². The van der Waals surface area contributed by atoms with Gasteiger partial charge in [-0.25, -0.2) is 9.59 Å². The standard InChI is InChI=1S/C15H9NO4S2.C12H8O4/c17-13-12(22-15(21)16-13)7-10-4-5-11(20-10)8-2-1-3-9(6-8)14(18)19;13-7-10-4-5-11(16-10)8-2-1-3-9(6-8)12(14)15/h1-7H,(H,18,19)(H,16,17,21);1-7H,(H,14,15)/b12-7-;. The minimum absolute atomic E-state index is 0.182. The third-order valence-electron chi connectivity index (χ3n) is 5.07. The normalized spacial score (nSPS) is 13.5. The number of hydrogen-bond acceptors (Lipinski definition) is 8. The number of nitrogens with one attached hydrogen (secondary N) is 1. The molecule has 1 saturated heterocycles. The van der Waals surface area contributed by atoms with Gasteiger partial charge < -0.3 is 24.4 Å². The molecule has 1 aliphatic rings. The molecule has 38 heavy (non-hydrogen) atoms. The van der Waals surface area contributed by atoms with E-state index in [1.54, 1.807) is 48.5 Å². The van der Waals surface area contributed by atoms with E-state index in [4.69, 9.17) is 31.3 Å². The van der Waals surface area contributed by atoms with Gasteiger partial charge in [0, 0.05) is 17.2 Å². The number of carbonyl (C=O) groups is 4. The van der Waals surface area contributed by atoms with Crippen LogP contribution in [0.3, 0.4) is 0 Å². The van der Waals surface area contributed by atoms with Crippen molar-refractivity contribution in [1.29, 1.82) is 0 Å². The molecule has 0 radical (unpaired) electrons. The van der Waals surface area contributed by atoms with E-state index in [-0.39, 0.29) is 22.8 Å². The molecule has 190 valence electrons. The molecule has 9 nitrogen and oxygen atoms in total. The summed E-state index contributed by atoms with van der Waals surface area (Å²) in [7, 11) is 0. The second-order valence-electron chi connectivity index (χ2n) is 7.65. The van der Waals surface area contributed by atoms with E-state index < -0.39 is 11.9 Å². The summed E-state index contributed by atoms with van der Waals surface area (Å²) < 4.78 is 11.3. The molecule has 2 aromatic carbocycles. The van der Waals surface area contributed by atoms with Crippen molar-refractivity contribution < 1.29 is 38.2 Å². The Morgan fingerprint density at radius 3 is 1.79 bits per heavy atom. The summed E-state index contributed by atoms with van der Waals surface area (Å²) >= 11 is 6.09. The van der Waals surface area contributed by atoms with Gasteiger partial charge in [0.1, 0.15) is 21.6 Å². The average Bonchev–Trinajstić information content (AvgIpc) is 3.65. The van der Waals surface area contributed by atoms with Gasteiger partial charge in [-0.05, 0) is 48.5 Å². The van der Waals surface area contributed by atoms with Crippen molar-refractivity contribution in [3.8, 4) is 22.6 Å². The molecule has 1 amide bonds. The maximum absolute atomic E-state index is 11.6. The lowest BCUT2D eigenvalue weighted by atomic mass is 10.1. The van der Waals surface area contributed by atoms with Crippen LogP contribution in [-0.4, -0.2) is 38.7 Å². The number of benzene rings is 2. The van der Waals surface area contributed by atoms with E-state index in [1.807, 2.05) is 0 Å². The van der Waals surface area contributed by atoms with Crippen molar-refractivity contribution >= 4 is 58.5 Å². The highest BCUT2D eigenvalue weighted by Crippen LogP contribution is 2.29. The fraction of sp³-hybridized carbons (Fsp3) is 0. The zero-order valence-corrected chi connectivity index (χ0v) is 20.9. The summed E-state index contributed by atoms with van der Waals surface area (Å²) in [4.78, 5) is 44.2. The van der Waals surface area contributed by atoms with Crippen molar-refractivity contribution in [2.45, 2.75) is 0 Å². The smallest absolute Gasteiger partial charge is 0.335 e. The molecular weight excluding hydrogens is 530 g/mol. The zero-order valence-electron chi connectivity index (χ0n) is 19.2. The maximum atomic E-state index is 11.6. The molecule has 2 aromatic heterocycles. The van der Waals surface area contributed by atoms with Crippen LogP contribution in [-0.2, 0) is 4.79 Å². The molecule has 0 spiro atoms. The predicted molar refractivity (Wildman–Crippen MR) is 144 cm³/mol. The third kappa shape index (κ3) is 6.33. The zero-order chi connectivity index (χ0) is 27.2. The molecular formula is C27H17NO8S2. The first-order chi connectivity index (χ1) is 18.2. The van der Waals surface area contributed by atoms with Crippen LogP contribution in [0.15, 0.2) is 86.5 Å². The van der Waals surface area contributed by atoms with Crippen molar-refractivity contribution in [2.24, 2.45) is 0 Å². The minimum atomic E-state index is -0.997. The fourth-order valence-corrected chi connectivity index (χ4v) is 4.34. The van der Waals surface area contributed by atoms with Gasteiger partial charge >= 0.3 is 11.9 Å². The van der Waals surface area contributed by atoms with Gasteiger partial charge in [-0.15, -0.1) is 0 Å². The number of furan rings is 2. The van der Waals surface area contributed by atoms with Crippen LogP contribution in [0.5, 0.6) is 0 Å². The summed E-state index contributed by atoms with van der Waals surface area (Å²) in [6.45, 7) is 0. The van der Waals surface area contributed by atoms with E-state index >= 15 is 0 Å². The summed E-state index contributed by atoms with van der Waals surface area (Å²) in [5.41, 5.74) is 1.66. The average molecular weight is 548 g/mol. The SMILES string of the molecule is O=C1NC(=S)S/C1=C\c1ccc(-c2cccc(C(=O)O)c2)o1.O=Cc1ccc(-c2cccc(C(=O)O)c2)o1. The van der Waals surface area contributed by atoms with Crippen LogP contribution in [0.25, 0.3) is 28.7 Å². The number of thiocarbonyl (C=S) groups is 1. The maximum Gasteiger partial charge on any atom is 0.335 e. The van der Waals surface area contributed by atoms with Crippen molar-refractivity contribution in [1.82, 2.24) is 5.32 Å². The Morgan fingerprint density at radius 2 is 1.34 bits per heavy atom. The third-order valence-corrected chi connectivity index (χ3v) is 6.24. The molecule has 1 aliphatic heterocycles. The Bertz CT molecular complexity index is 1600. The highest BCUT2D eigenvalue weighted by molar-refractivity contribution is 8.26. The minimum Gasteiger partial charge on any atom is -0.478 e. The Hall–Kier alpha value is -4.74. The van der Waals surface area contributed by atoms with Crippen LogP contribution in [0.2, 0.25) is 0 Å². The lowest BCUT2D eigenvalue weighted by molar-refractivity contribution is -0.115. The van der Waals surface area contributed by atoms with E-state index in [9.17, 15) is 19.2 Å². The Morgan fingerprint density at radius 1 is 0.816 bits per heavy atom. The first-order valence-corrected chi connectivity index (χ1v) is 12.0. The molecule has 3 N–H and O–H groups in total. The number of aldehydes is 1. The van der Waals surface area contributed by atoms with Gasteiger partial charge in [0.15, 0.2) is 12.0 Å². The molecule has 0 unspecified atom stereocenters. The molecule has 1 fully saturated rings. The van der Waals surface area contributed by atoms with Crippen molar-refractivity contribution in [3.63, 3.8) is 0 Å². The largest absolute Gasteiger partial charge is 0.478 e. The number of aromatic carboxylic acids is 2. The van der Waals surface area contributed by atoms with Crippen LogP contribution in [0, 0.1) is 0 Å². The number of amides is 1. The molecule has 3 heterocycles. The monoisotopic (exact) mass is 547 g/mol. The number of rotatable bonds is 6. The highest BCUT2D eigenvalue weighted by atomic mass is 32.2. The van der Waals surface area contributed by atoms with E-state index in [1.165, 1.54) is 42.1 Å². The summed E-state index contributed by atoms with van der Waals surface area (Å²) in [6.07, 6.45) is 2.20. The van der Waals surface area contributed by atoms with E-state index in [0.29, 0.717) is 43.9 Å². The first-order valence-electron chi connectivity index (χ1n) is 10.8. The van der Waals surface area contributed by atoms with Crippen molar-refractivity contribution in [2.75, 3.05) is 0 Å².